The Morgan fingerprint density at radius 2 is 2.17 bits per heavy atom. The highest BCUT2D eigenvalue weighted by Crippen LogP contribution is 2.38. The SMILES string of the molecule is CC(C)n1cc(C2C(N)=NC(=O)N2C2CC2)cn1. The van der Waals surface area contributed by atoms with Crippen molar-refractivity contribution in [2.45, 2.75) is 44.8 Å². The predicted octanol–water partition coefficient (Wildman–Crippen LogP) is 1.46. The van der Waals surface area contributed by atoms with Crippen molar-refractivity contribution in [3.63, 3.8) is 0 Å². The summed E-state index contributed by atoms with van der Waals surface area (Å²) in [6.45, 7) is 4.12. The van der Waals surface area contributed by atoms with E-state index in [1.54, 1.807) is 11.1 Å². The first-order valence-corrected chi connectivity index (χ1v) is 6.28. The Hall–Kier alpha value is -1.85. The quantitative estimate of drug-likeness (QED) is 0.878. The number of urea groups is 1. The minimum atomic E-state index is -0.225. The fourth-order valence-electron chi connectivity index (χ4n) is 2.31. The topological polar surface area (TPSA) is 76.5 Å². The summed E-state index contributed by atoms with van der Waals surface area (Å²) in [5.74, 6) is 0.384. The molecule has 0 saturated heterocycles. The molecule has 2 amide bonds. The minimum absolute atomic E-state index is 0.211. The van der Waals surface area contributed by atoms with Gasteiger partial charge < -0.3 is 10.6 Å². The molecule has 2 N–H and O–H groups in total. The van der Waals surface area contributed by atoms with Crippen molar-refractivity contribution in [2.75, 3.05) is 0 Å². The van der Waals surface area contributed by atoms with E-state index in [0.29, 0.717) is 17.9 Å². The van der Waals surface area contributed by atoms with Crippen molar-refractivity contribution < 1.29 is 4.79 Å². The lowest BCUT2D eigenvalue weighted by Gasteiger charge is -2.22. The Bertz CT molecular complexity index is 514. The normalized spacial score (nSPS) is 23.9. The molecule has 0 aromatic carbocycles. The van der Waals surface area contributed by atoms with E-state index < -0.39 is 0 Å². The number of hydrogen-bond acceptors (Lipinski definition) is 3. The monoisotopic (exact) mass is 247 g/mol. The molecule has 1 unspecified atom stereocenters. The predicted molar refractivity (Wildman–Crippen MR) is 67.2 cm³/mol. The van der Waals surface area contributed by atoms with Crippen LogP contribution in [0.2, 0.25) is 0 Å². The summed E-state index contributed by atoms with van der Waals surface area (Å²) in [5.41, 5.74) is 6.84. The maximum absolute atomic E-state index is 11.8. The number of amidine groups is 1. The molecule has 6 heteroatoms. The van der Waals surface area contributed by atoms with Crippen LogP contribution in [-0.4, -0.2) is 32.6 Å². The standard InChI is InChI=1S/C12H17N5O/c1-7(2)16-6-8(5-14-16)10-11(13)15-12(18)17(10)9-3-4-9/h5-7,9-10H,3-4H2,1-2H3,(H2,13,15,18). The molecule has 1 aromatic rings. The molecule has 6 nitrogen and oxygen atoms in total. The summed E-state index contributed by atoms with van der Waals surface area (Å²) in [6, 6.07) is 0.160. The van der Waals surface area contributed by atoms with Crippen LogP contribution in [0.4, 0.5) is 4.79 Å². The number of aromatic nitrogens is 2. The van der Waals surface area contributed by atoms with Crippen LogP contribution in [0, 0.1) is 0 Å². The van der Waals surface area contributed by atoms with Gasteiger partial charge in [0.15, 0.2) is 0 Å². The molecule has 1 fully saturated rings. The van der Waals surface area contributed by atoms with Crippen LogP contribution < -0.4 is 5.73 Å². The highest BCUT2D eigenvalue weighted by atomic mass is 16.2. The molecule has 2 aliphatic rings. The lowest BCUT2D eigenvalue weighted by molar-refractivity contribution is 0.203. The van der Waals surface area contributed by atoms with E-state index in [9.17, 15) is 4.79 Å². The van der Waals surface area contributed by atoms with Gasteiger partial charge in [-0.05, 0) is 26.7 Å². The van der Waals surface area contributed by atoms with Gasteiger partial charge in [-0.3, -0.25) is 4.68 Å². The fourth-order valence-corrected chi connectivity index (χ4v) is 2.31. The van der Waals surface area contributed by atoms with Crippen molar-refractivity contribution in [3.05, 3.63) is 18.0 Å². The van der Waals surface area contributed by atoms with Crippen LogP contribution in [0.1, 0.15) is 44.3 Å². The summed E-state index contributed by atoms with van der Waals surface area (Å²) in [4.78, 5) is 17.5. The molecule has 96 valence electrons. The zero-order valence-corrected chi connectivity index (χ0v) is 10.6. The summed E-state index contributed by atoms with van der Waals surface area (Å²) in [7, 11) is 0. The second-order valence-electron chi connectivity index (χ2n) is 5.21. The molecule has 1 aromatic heterocycles. The van der Waals surface area contributed by atoms with Crippen molar-refractivity contribution in [2.24, 2.45) is 10.7 Å². The number of aliphatic imine (C=N–C) groups is 1. The molecule has 18 heavy (non-hydrogen) atoms. The fraction of sp³-hybridized carbons (Fsp3) is 0.583. The van der Waals surface area contributed by atoms with Gasteiger partial charge in [0.25, 0.3) is 0 Å². The first kappa shape index (κ1) is 11.3. The molecule has 0 spiro atoms. The van der Waals surface area contributed by atoms with Gasteiger partial charge >= 0.3 is 6.03 Å². The molecule has 3 rings (SSSR count). The molecule has 1 aliphatic heterocycles. The number of rotatable bonds is 3. The van der Waals surface area contributed by atoms with Gasteiger partial charge in [-0.15, -0.1) is 0 Å². The Morgan fingerprint density at radius 1 is 1.44 bits per heavy atom. The van der Waals surface area contributed by atoms with Gasteiger partial charge in [-0.2, -0.15) is 10.1 Å². The van der Waals surface area contributed by atoms with Crippen LogP contribution >= 0.6 is 0 Å². The first-order valence-electron chi connectivity index (χ1n) is 6.28. The maximum atomic E-state index is 11.8. The molecule has 1 atom stereocenters. The summed E-state index contributed by atoms with van der Waals surface area (Å²) in [5, 5.41) is 4.30. The van der Waals surface area contributed by atoms with E-state index >= 15 is 0 Å². The molecule has 0 bridgehead atoms. The number of nitrogens with zero attached hydrogens (tertiary/aromatic N) is 4. The minimum Gasteiger partial charge on any atom is -0.385 e. The van der Waals surface area contributed by atoms with Crippen LogP contribution in [0.15, 0.2) is 17.4 Å². The zero-order valence-electron chi connectivity index (χ0n) is 10.6. The van der Waals surface area contributed by atoms with Crippen molar-refractivity contribution in [1.29, 1.82) is 0 Å². The summed E-state index contributed by atoms with van der Waals surface area (Å²) < 4.78 is 1.87. The van der Waals surface area contributed by atoms with E-state index in [-0.39, 0.29) is 12.1 Å². The Morgan fingerprint density at radius 3 is 2.72 bits per heavy atom. The summed E-state index contributed by atoms with van der Waals surface area (Å²) in [6.07, 6.45) is 5.82. The lowest BCUT2D eigenvalue weighted by Crippen LogP contribution is -2.34. The molecule has 0 radical (unpaired) electrons. The van der Waals surface area contributed by atoms with Crippen molar-refractivity contribution in [1.82, 2.24) is 14.7 Å². The number of nitrogens with two attached hydrogens (primary N) is 1. The van der Waals surface area contributed by atoms with Gasteiger partial charge in [-0.25, -0.2) is 4.79 Å². The largest absolute Gasteiger partial charge is 0.385 e. The average Bonchev–Trinajstić information content (AvgIpc) is 2.92. The lowest BCUT2D eigenvalue weighted by atomic mass is 10.1. The smallest absolute Gasteiger partial charge is 0.346 e. The van der Waals surface area contributed by atoms with E-state index in [2.05, 4.69) is 23.9 Å². The average molecular weight is 247 g/mol. The third kappa shape index (κ3) is 1.68. The molecular weight excluding hydrogens is 230 g/mol. The van der Waals surface area contributed by atoms with Crippen molar-refractivity contribution in [3.8, 4) is 0 Å². The van der Waals surface area contributed by atoms with Gasteiger partial charge in [0.2, 0.25) is 0 Å². The van der Waals surface area contributed by atoms with Gasteiger partial charge in [0.05, 0.1) is 6.20 Å². The second-order valence-corrected chi connectivity index (χ2v) is 5.21. The Kier molecular flexibility index (Phi) is 2.39. The summed E-state index contributed by atoms with van der Waals surface area (Å²) >= 11 is 0. The van der Waals surface area contributed by atoms with Crippen LogP contribution in [0.5, 0.6) is 0 Å². The second kappa shape index (κ2) is 3.83. The molecular formula is C12H17N5O. The highest BCUT2D eigenvalue weighted by Gasteiger charge is 2.44. The van der Waals surface area contributed by atoms with Crippen LogP contribution in [0.25, 0.3) is 0 Å². The Balaban J connectivity index is 1.93. The third-order valence-corrected chi connectivity index (χ3v) is 3.41. The highest BCUT2D eigenvalue weighted by molar-refractivity contribution is 6.03. The van der Waals surface area contributed by atoms with E-state index in [1.165, 1.54) is 0 Å². The van der Waals surface area contributed by atoms with Gasteiger partial charge in [0.1, 0.15) is 11.9 Å². The van der Waals surface area contributed by atoms with Gasteiger partial charge in [0, 0.05) is 23.8 Å². The first-order chi connectivity index (χ1) is 8.58. The third-order valence-electron chi connectivity index (χ3n) is 3.41. The van der Waals surface area contributed by atoms with Gasteiger partial charge in [-0.1, -0.05) is 0 Å². The Labute approximate surface area is 105 Å². The molecule has 1 aliphatic carbocycles. The van der Waals surface area contributed by atoms with E-state index in [1.807, 2.05) is 10.9 Å². The van der Waals surface area contributed by atoms with E-state index in [0.717, 1.165) is 18.4 Å². The number of hydrogen-bond donors (Lipinski definition) is 1. The van der Waals surface area contributed by atoms with Crippen LogP contribution in [0.3, 0.4) is 0 Å². The number of carbonyl (C=O) groups excluding carboxylic acids is 1. The number of amides is 2. The zero-order chi connectivity index (χ0) is 12.9. The number of carbonyl (C=O) groups is 1. The van der Waals surface area contributed by atoms with Crippen LogP contribution in [-0.2, 0) is 0 Å². The maximum Gasteiger partial charge on any atom is 0.346 e. The van der Waals surface area contributed by atoms with E-state index in [4.69, 9.17) is 5.73 Å². The molecule has 1 saturated carbocycles. The van der Waals surface area contributed by atoms with Crippen molar-refractivity contribution >= 4 is 11.9 Å². The molecule has 2 heterocycles.